The lowest BCUT2D eigenvalue weighted by Gasteiger charge is -2.22. The van der Waals surface area contributed by atoms with Crippen molar-refractivity contribution in [3.63, 3.8) is 0 Å². The van der Waals surface area contributed by atoms with Crippen molar-refractivity contribution < 1.29 is 0 Å². The number of hydrogen-bond donors (Lipinski definition) is 1. The number of pyridine rings is 1. The molecule has 84 valence electrons. The van der Waals surface area contributed by atoms with E-state index in [0.717, 1.165) is 18.9 Å². The lowest BCUT2D eigenvalue weighted by atomic mass is 9.94. The topological polar surface area (TPSA) is 24.9 Å². The van der Waals surface area contributed by atoms with Gasteiger partial charge in [0.05, 0.1) is 0 Å². The lowest BCUT2D eigenvalue weighted by molar-refractivity contribution is 0.373. The van der Waals surface area contributed by atoms with Crippen molar-refractivity contribution in [2.75, 3.05) is 13.1 Å². The Labute approximate surface area is 97.9 Å². The van der Waals surface area contributed by atoms with Crippen molar-refractivity contribution in [2.45, 2.75) is 26.2 Å². The van der Waals surface area contributed by atoms with Crippen LogP contribution in [-0.4, -0.2) is 18.1 Å². The maximum atomic E-state index is 4.44. The number of aromatic nitrogens is 1. The second-order valence-corrected chi connectivity index (χ2v) is 4.24. The predicted molar refractivity (Wildman–Crippen MR) is 65.5 cm³/mol. The Balaban J connectivity index is 0.00000112. The molecule has 3 heteroatoms. The molecule has 1 saturated heterocycles. The van der Waals surface area contributed by atoms with Crippen molar-refractivity contribution >= 4 is 12.4 Å². The molecule has 0 aromatic carbocycles. The highest BCUT2D eigenvalue weighted by Crippen LogP contribution is 2.15. The summed E-state index contributed by atoms with van der Waals surface area (Å²) in [5.74, 6) is 0.791. The summed E-state index contributed by atoms with van der Waals surface area (Å²) in [6.45, 7) is 4.44. The minimum Gasteiger partial charge on any atom is -0.316 e. The predicted octanol–water partition coefficient (Wildman–Crippen LogP) is 2.35. The van der Waals surface area contributed by atoms with E-state index in [2.05, 4.69) is 29.4 Å². The molecule has 15 heavy (non-hydrogen) atoms. The summed E-state index contributed by atoms with van der Waals surface area (Å²) in [5.41, 5.74) is 2.49. The van der Waals surface area contributed by atoms with E-state index in [4.69, 9.17) is 0 Å². The molecular weight excluding hydrogens is 208 g/mol. The highest BCUT2D eigenvalue weighted by Gasteiger charge is 2.13. The molecule has 0 radical (unpaired) electrons. The smallest absolute Gasteiger partial charge is 0.0407 e. The summed E-state index contributed by atoms with van der Waals surface area (Å²) < 4.78 is 0. The number of halogens is 1. The molecule has 1 N–H and O–H groups in total. The average Bonchev–Trinajstić information content (AvgIpc) is 2.23. The van der Waals surface area contributed by atoms with Crippen molar-refractivity contribution in [3.05, 3.63) is 29.6 Å². The number of rotatable bonds is 2. The highest BCUT2D eigenvalue weighted by molar-refractivity contribution is 5.85. The first-order valence-electron chi connectivity index (χ1n) is 5.47. The molecule has 1 aromatic rings. The van der Waals surface area contributed by atoms with Gasteiger partial charge in [-0.1, -0.05) is 6.07 Å². The quantitative estimate of drug-likeness (QED) is 0.838. The molecule has 1 unspecified atom stereocenters. The second-order valence-electron chi connectivity index (χ2n) is 4.24. The van der Waals surface area contributed by atoms with Gasteiger partial charge in [-0.05, 0) is 56.8 Å². The second kappa shape index (κ2) is 6.09. The van der Waals surface area contributed by atoms with Crippen LogP contribution in [0.2, 0.25) is 0 Å². The summed E-state index contributed by atoms with van der Waals surface area (Å²) in [6, 6.07) is 4.31. The normalized spacial score (nSPS) is 20.7. The Hall–Kier alpha value is -0.600. The molecule has 1 aliphatic rings. The third-order valence-corrected chi connectivity index (χ3v) is 2.87. The van der Waals surface area contributed by atoms with E-state index >= 15 is 0 Å². The number of piperidine rings is 1. The molecule has 2 nitrogen and oxygen atoms in total. The maximum Gasteiger partial charge on any atom is 0.0407 e. The Kier molecular flexibility index (Phi) is 5.06. The Morgan fingerprint density at radius 2 is 2.33 bits per heavy atom. The van der Waals surface area contributed by atoms with Crippen LogP contribution in [0, 0.1) is 12.8 Å². The fourth-order valence-corrected chi connectivity index (χ4v) is 2.01. The van der Waals surface area contributed by atoms with Gasteiger partial charge in [0.25, 0.3) is 0 Å². The van der Waals surface area contributed by atoms with Crippen molar-refractivity contribution in [3.8, 4) is 0 Å². The summed E-state index contributed by atoms with van der Waals surface area (Å²) in [6.07, 6.45) is 5.76. The van der Waals surface area contributed by atoms with E-state index in [9.17, 15) is 0 Å². The number of nitrogens with one attached hydrogen (secondary N) is 1. The van der Waals surface area contributed by atoms with Crippen LogP contribution in [-0.2, 0) is 6.42 Å². The van der Waals surface area contributed by atoms with Gasteiger partial charge in [-0.15, -0.1) is 12.4 Å². The van der Waals surface area contributed by atoms with E-state index in [1.54, 1.807) is 0 Å². The van der Waals surface area contributed by atoms with Gasteiger partial charge in [0.15, 0.2) is 0 Å². The average molecular weight is 227 g/mol. The SMILES string of the molecule is Cc1ccc(CC2CCCNC2)nc1.Cl. The first-order valence-corrected chi connectivity index (χ1v) is 5.47. The summed E-state index contributed by atoms with van der Waals surface area (Å²) >= 11 is 0. The van der Waals surface area contributed by atoms with Crippen LogP contribution in [0.4, 0.5) is 0 Å². The van der Waals surface area contributed by atoms with Crippen LogP contribution < -0.4 is 5.32 Å². The van der Waals surface area contributed by atoms with Crippen molar-refractivity contribution in [1.82, 2.24) is 10.3 Å². The maximum absolute atomic E-state index is 4.44. The molecular formula is C12H19ClN2. The number of nitrogens with zero attached hydrogens (tertiary/aromatic N) is 1. The molecule has 2 rings (SSSR count). The molecule has 0 saturated carbocycles. The molecule has 1 aromatic heterocycles. The fourth-order valence-electron chi connectivity index (χ4n) is 2.01. The van der Waals surface area contributed by atoms with Gasteiger partial charge in [0, 0.05) is 11.9 Å². The van der Waals surface area contributed by atoms with Crippen LogP contribution in [0.3, 0.4) is 0 Å². The van der Waals surface area contributed by atoms with Crippen molar-refractivity contribution in [1.29, 1.82) is 0 Å². The van der Waals surface area contributed by atoms with E-state index < -0.39 is 0 Å². The summed E-state index contributed by atoms with van der Waals surface area (Å²) in [5, 5.41) is 3.44. The Morgan fingerprint density at radius 3 is 2.93 bits per heavy atom. The Morgan fingerprint density at radius 1 is 1.47 bits per heavy atom. The van der Waals surface area contributed by atoms with Crippen LogP contribution in [0.5, 0.6) is 0 Å². The minimum atomic E-state index is 0. The number of hydrogen-bond acceptors (Lipinski definition) is 2. The molecule has 1 aliphatic heterocycles. The van der Waals surface area contributed by atoms with Crippen LogP contribution in [0.15, 0.2) is 18.3 Å². The summed E-state index contributed by atoms with van der Waals surface area (Å²) in [7, 11) is 0. The molecule has 0 amide bonds. The van der Waals surface area contributed by atoms with Gasteiger partial charge in [-0.25, -0.2) is 0 Å². The van der Waals surface area contributed by atoms with Gasteiger partial charge in [-0.2, -0.15) is 0 Å². The van der Waals surface area contributed by atoms with Gasteiger partial charge in [0.2, 0.25) is 0 Å². The third-order valence-electron chi connectivity index (χ3n) is 2.87. The van der Waals surface area contributed by atoms with Gasteiger partial charge < -0.3 is 5.32 Å². The van der Waals surface area contributed by atoms with Crippen LogP contribution in [0.25, 0.3) is 0 Å². The molecule has 0 bridgehead atoms. The van der Waals surface area contributed by atoms with Crippen LogP contribution >= 0.6 is 12.4 Å². The zero-order chi connectivity index (χ0) is 9.80. The lowest BCUT2D eigenvalue weighted by Crippen LogP contribution is -2.31. The van der Waals surface area contributed by atoms with Crippen molar-refractivity contribution in [2.24, 2.45) is 5.92 Å². The monoisotopic (exact) mass is 226 g/mol. The first-order chi connectivity index (χ1) is 6.84. The third kappa shape index (κ3) is 3.80. The van der Waals surface area contributed by atoms with Crippen LogP contribution in [0.1, 0.15) is 24.1 Å². The Bertz CT molecular complexity index is 278. The van der Waals surface area contributed by atoms with Gasteiger partial charge in [0.1, 0.15) is 0 Å². The highest BCUT2D eigenvalue weighted by atomic mass is 35.5. The first kappa shape index (κ1) is 12.5. The minimum absolute atomic E-state index is 0. The molecule has 1 atom stereocenters. The van der Waals surface area contributed by atoms with E-state index in [1.807, 2.05) is 6.20 Å². The zero-order valence-electron chi connectivity index (χ0n) is 9.20. The summed E-state index contributed by atoms with van der Waals surface area (Å²) in [4.78, 5) is 4.44. The molecule has 0 spiro atoms. The van der Waals surface area contributed by atoms with E-state index in [0.29, 0.717) is 0 Å². The standard InChI is InChI=1S/C12H18N2.ClH/c1-10-4-5-12(14-8-10)7-11-3-2-6-13-9-11;/h4-5,8,11,13H,2-3,6-7,9H2,1H3;1H. The fraction of sp³-hybridized carbons (Fsp3) is 0.583. The number of aryl methyl sites for hydroxylation is 1. The van der Waals surface area contributed by atoms with E-state index in [1.165, 1.54) is 30.6 Å². The van der Waals surface area contributed by atoms with Gasteiger partial charge in [-0.3, -0.25) is 4.98 Å². The molecule has 2 heterocycles. The van der Waals surface area contributed by atoms with Gasteiger partial charge >= 0.3 is 0 Å². The largest absolute Gasteiger partial charge is 0.316 e. The zero-order valence-corrected chi connectivity index (χ0v) is 10.0. The van der Waals surface area contributed by atoms with E-state index in [-0.39, 0.29) is 12.4 Å². The molecule has 1 fully saturated rings. The molecule has 0 aliphatic carbocycles.